The smallest absolute Gasteiger partial charge is 0.257 e. The van der Waals surface area contributed by atoms with Crippen LogP contribution in [-0.4, -0.2) is 66.6 Å². The highest BCUT2D eigenvalue weighted by molar-refractivity contribution is 5.94. The highest BCUT2D eigenvalue weighted by Gasteiger charge is 2.31. The quantitative estimate of drug-likeness (QED) is 0.825. The van der Waals surface area contributed by atoms with Crippen molar-refractivity contribution in [3.63, 3.8) is 0 Å². The number of amides is 1. The van der Waals surface area contributed by atoms with Crippen LogP contribution in [0.25, 0.3) is 0 Å². The van der Waals surface area contributed by atoms with E-state index in [0.29, 0.717) is 25.6 Å². The van der Waals surface area contributed by atoms with Gasteiger partial charge in [-0.3, -0.25) is 9.78 Å². The van der Waals surface area contributed by atoms with E-state index < -0.39 is 5.82 Å². The molecule has 0 aromatic carbocycles. The summed E-state index contributed by atoms with van der Waals surface area (Å²) >= 11 is 0. The van der Waals surface area contributed by atoms with Gasteiger partial charge in [0.05, 0.1) is 24.5 Å². The maximum absolute atomic E-state index is 13.8. The average Bonchev–Trinajstić information content (AvgIpc) is 3.30. The molecule has 6 heteroatoms. The molecule has 1 aromatic heterocycles. The summed E-state index contributed by atoms with van der Waals surface area (Å²) < 4.78 is 19.6. The first-order valence-corrected chi connectivity index (χ1v) is 7.82. The maximum atomic E-state index is 13.8. The number of halogens is 1. The van der Waals surface area contributed by atoms with E-state index >= 15 is 0 Å². The van der Waals surface area contributed by atoms with Gasteiger partial charge in [-0.25, -0.2) is 4.39 Å². The number of rotatable bonds is 5. The van der Waals surface area contributed by atoms with Gasteiger partial charge in [0.1, 0.15) is 0 Å². The largest absolute Gasteiger partial charge is 0.374 e. The standard InChI is InChI=1S/C16H22FN3O2/c1-19-6-7-22-13(10-19)11-20(9-12-2-3-12)16(21)14-4-5-18-8-15(14)17/h4-5,8,12-13H,2-3,6-7,9-11H2,1H3/t13-/m1/s1. The summed E-state index contributed by atoms with van der Waals surface area (Å²) in [6.45, 7) is 3.58. The predicted octanol–water partition coefficient (Wildman–Crippen LogP) is 1.40. The number of hydrogen-bond donors (Lipinski definition) is 0. The van der Waals surface area contributed by atoms with Crippen molar-refractivity contribution >= 4 is 5.91 Å². The Labute approximate surface area is 130 Å². The van der Waals surface area contributed by atoms with Gasteiger partial charge in [0, 0.05) is 32.4 Å². The molecule has 1 aliphatic heterocycles. The molecule has 2 aliphatic rings. The Morgan fingerprint density at radius 1 is 1.50 bits per heavy atom. The summed E-state index contributed by atoms with van der Waals surface area (Å²) in [6.07, 6.45) is 4.83. The number of ether oxygens (including phenoxy) is 1. The second kappa shape index (κ2) is 6.71. The Morgan fingerprint density at radius 2 is 2.32 bits per heavy atom. The third-order valence-corrected chi connectivity index (χ3v) is 4.23. The Bertz CT molecular complexity index is 536. The zero-order valence-corrected chi connectivity index (χ0v) is 12.9. The van der Waals surface area contributed by atoms with Crippen LogP contribution in [0.4, 0.5) is 4.39 Å². The Morgan fingerprint density at radius 3 is 3.00 bits per heavy atom. The van der Waals surface area contributed by atoms with E-state index in [-0.39, 0.29) is 17.6 Å². The SMILES string of the molecule is CN1CCO[C@@H](CN(CC2CC2)C(=O)c2ccncc2F)C1. The first-order chi connectivity index (χ1) is 10.6. The minimum absolute atomic E-state index is 0.00801. The molecule has 1 aliphatic carbocycles. The fourth-order valence-electron chi connectivity index (χ4n) is 2.79. The maximum Gasteiger partial charge on any atom is 0.257 e. The van der Waals surface area contributed by atoms with E-state index in [1.165, 1.54) is 12.3 Å². The van der Waals surface area contributed by atoms with Crippen molar-refractivity contribution in [2.45, 2.75) is 18.9 Å². The van der Waals surface area contributed by atoms with Crippen LogP contribution in [0.2, 0.25) is 0 Å². The van der Waals surface area contributed by atoms with Crippen LogP contribution in [0.3, 0.4) is 0 Å². The topological polar surface area (TPSA) is 45.7 Å². The van der Waals surface area contributed by atoms with Crippen LogP contribution in [0.1, 0.15) is 23.2 Å². The Kier molecular flexibility index (Phi) is 4.69. The van der Waals surface area contributed by atoms with Crippen LogP contribution in [-0.2, 0) is 4.74 Å². The van der Waals surface area contributed by atoms with Crippen LogP contribution in [0, 0.1) is 11.7 Å². The summed E-state index contributed by atoms with van der Waals surface area (Å²) in [6, 6.07) is 1.45. The fraction of sp³-hybridized carbons (Fsp3) is 0.625. The van der Waals surface area contributed by atoms with Crippen molar-refractivity contribution in [1.82, 2.24) is 14.8 Å². The van der Waals surface area contributed by atoms with Crippen molar-refractivity contribution < 1.29 is 13.9 Å². The molecule has 22 heavy (non-hydrogen) atoms. The summed E-state index contributed by atoms with van der Waals surface area (Å²) in [5.41, 5.74) is 0.0971. The Hall–Kier alpha value is -1.53. The molecule has 3 rings (SSSR count). The molecular weight excluding hydrogens is 285 g/mol. The zero-order chi connectivity index (χ0) is 15.5. The fourth-order valence-corrected chi connectivity index (χ4v) is 2.79. The second-order valence-electron chi connectivity index (χ2n) is 6.26. The van der Waals surface area contributed by atoms with Crippen molar-refractivity contribution in [2.75, 3.05) is 39.8 Å². The molecule has 5 nitrogen and oxygen atoms in total. The van der Waals surface area contributed by atoms with E-state index in [4.69, 9.17) is 4.74 Å². The molecule has 1 saturated heterocycles. The van der Waals surface area contributed by atoms with Crippen LogP contribution >= 0.6 is 0 Å². The molecule has 120 valence electrons. The highest BCUT2D eigenvalue weighted by Crippen LogP contribution is 2.30. The van der Waals surface area contributed by atoms with Gasteiger partial charge in [-0.1, -0.05) is 0 Å². The predicted molar refractivity (Wildman–Crippen MR) is 80.1 cm³/mol. The lowest BCUT2D eigenvalue weighted by atomic mass is 10.2. The lowest BCUT2D eigenvalue weighted by Crippen LogP contribution is -2.48. The van der Waals surface area contributed by atoms with E-state index in [9.17, 15) is 9.18 Å². The Balaban J connectivity index is 1.71. The van der Waals surface area contributed by atoms with E-state index in [1.807, 2.05) is 7.05 Å². The lowest BCUT2D eigenvalue weighted by Gasteiger charge is -2.34. The number of carbonyl (C=O) groups excluding carboxylic acids is 1. The van der Waals surface area contributed by atoms with Crippen molar-refractivity contribution in [1.29, 1.82) is 0 Å². The number of hydrogen-bond acceptors (Lipinski definition) is 4. The molecule has 0 spiro atoms. The normalized spacial score (nSPS) is 22.5. The second-order valence-corrected chi connectivity index (χ2v) is 6.26. The number of carbonyl (C=O) groups is 1. The van der Waals surface area contributed by atoms with Gasteiger partial charge < -0.3 is 14.5 Å². The van der Waals surface area contributed by atoms with Crippen LogP contribution in [0.5, 0.6) is 0 Å². The molecular formula is C16H22FN3O2. The van der Waals surface area contributed by atoms with Gasteiger partial charge in [0.2, 0.25) is 0 Å². The zero-order valence-electron chi connectivity index (χ0n) is 12.9. The molecule has 0 unspecified atom stereocenters. The summed E-state index contributed by atoms with van der Waals surface area (Å²) in [7, 11) is 2.05. The van der Waals surface area contributed by atoms with Crippen molar-refractivity contribution in [3.8, 4) is 0 Å². The third kappa shape index (κ3) is 3.81. The van der Waals surface area contributed by atoms with Gasteiger partial charge in [0.15, 0.2) is 5.82 Å². The van der Waals surface area contributed by atoms with E-state index in [0.717, 1.165) is 32.1 Å². The molecule has 0 radical (unpaired) electrons. The number of pyridine rings is 1. The first kappa shape index (κ1) is 15.4. The molecule has 1 saturated carbocycles. The summed E-state index contributed by atoms with van der Waals surface area (Å²) in [5, 5.41) is 0. The average molecular weight is 307 g/mol. The van der Waals surface area contributed by atoms with Crippen molar-refractivity contribution in [2.24, 2.45) is 5.92 Å². The van der Waals surface area contributed by atoms with Crippen LogP contribution < -0.4 is 0 Å². The molecule has 1 amide bonds. The monoisotopic (exact) mass is 307 g/mol. The van der Waals surface area contributed by atoms with E-state index in [2.05, 4.69) is 9.88 Å². The van der Waals surface area contributed by atoms with Gasteiger partial charge >= 0.3 is 0 Å². The minimum Gasteiger partial charge on any atom is -0.374 e. The molecule has 2 fully saturated rings. The lowest BCUT2D eigenvalue weighted by molar-refractivity contribution is -0.0332. The first-order valence-electron chi connectivity index (χ1n) is 7.82. The number of likely N-dealkylation sites (N-methyl/N-ethyl adjacent to an activating group) is 1. The number of morpholine rings is 1. The van der Waals surface area contributed by atoms with Gasteiger partial charge in [-0.2, -0.15) is 0 Å². The summed E-state index contributed by atoms with van der Waals surface area (Å²) in [4.78, 5) is 20.3. The molecule has 2 heterocycles. The number of aromatic nitrogens is 1. The third-order valence-electron chi connectivity index (χ3n) is 4.23. The minimum atomic E-state index is -0.560. The number of nitrogens with zero attached hydrogens (tertiary/aromatic N) is 3. The van der Waals surface area contributed by atoms with Crippen molar-refractivity contribution in [3.05, 3.63) is 29.8 Å². The molecule has 1 aromatic rings. The highest BCUT2D eigenvalue weighted by atomic mass is 19.1. The molecule has 0 bridgehead atoms. The molecule has 0 N–H and O–H groups in total. The summed E-state index contributed by atoms with van der Waals surface area (Å²) in [5.74, 6) is -0.270. The van der Waals surface area contributed by atoms with E-state index in [1.54, 1.807) is 4.90 Å². The molecule has 1 atom stereocenters. The van der Waals surface area contributed by atoms with Gasteiger partial charge in [-0.05, 0) is 31.9 Å². The van der Waals surface area contributed by atoms with Crippen LogP contribution in [0.15, 0.2) is 18.5 Å². The van der Waals surface area contributed by atoms with Gasteiger partial charge in [-0.15, -0.1) is 0 Å². The van der Waals surface area contributed by atoms with Gasteiger partial charge in [0.25, 0.3) is 5.91 Å².